The number of rotatable bonds is 2. The highest BCUT2D eigenvalue weighted by atomic mass is 35.5. The molecular weight excluding hydrogens is 248 g/mol. The number of amides is 2. The van der Waals surface area contributed by atoms with Gasteiger partial charge in [-0.3, -0.25) is 10.0 Å². The van der Waals surface area contributed by atoms with E-state index in [2.05, 4.69) is 5.32 Å². The average Bonchev–Trinajstić information content (AvgIpc) is 2.21. The van der Waals surface area contributed by atoms with Crippen molar-refractivity contribution in [1.29, 1.82) is 0 Å². The van der Waals surface area contributed by atoms with Crippen LogP contribution in [0.5, 0.6) is 5.75 Å². The zero-order chi connectivity index (χ0) is 13.0. The monoisotopic (exact) mass is 258 g/mol. The molecule has 0 bridgehead atoms. The number of hydroxylamine groups is 2. The minimum atomic E-state index is -0.937. The molecule has 0 saturated heterocycles. The average molecular weight is 259 g/mol. The molecule has 2 N–H and O–H groups in total. The number of ether oxygens (including phenoxy) is 1. The molecule has 92 valence electrons. The van der Waals surface area contributed by atoms with E-state index in [-0.39, 0.29) is 16.7 Å². The van der Waals surface area contributed by atoms with Crippen molar-refractivity contribution in [2.75, 3.05) is 12.4 Å². The Kier molecular flexibility index (Phi) is 4.30. The summed E-state index contributed by atoms with van der Waals surface area (Å²) in [5.74, 6) is -0.0956. The van der Waals surface area contributed by atoms with Gasteiger partial charge in [0, 0.05) is 20.0 Å². The summed E-state index contributed by atoms with van der Waals surface area (Å²) in [6.45, 7) is 1.35. The van der Waals surface area contributed by atoms with Gasteiger partial charge in [-0.2, -0.15) is 5.06 Å². The fourth-order valence-corrected chi connectivity index (χ4v) is 1.23. The Morgan fingerprint density at radius 2 is 2.12 bits per heavy atom. The van der Waals surface area contributed by atoms with Crippen molar-refractivity contribution in [2.45, 2.75) is 6.92 Å². The van der Waals surface area contributed by atoms with E-state index in [1.807, 2.05) is 0 Å². The number of nitrogens with zero attached hydrogens (tertiary/aromatic N) is 1. The number of carbonyl (C=O) groups is 2. The first-order valence-electron chi connectivity index (χ1n) is 4.61. The lowest BCUT2D eigenvalue weighted by atomic mass is 10.3. The molecule has 1 aromatic rings. The number of halogens is 1. The number of benzene rings is 1. The lowest BCUT2D eigenvalue weighted by Crippen LogP contribution is -2.25. The Morgan fingerprint density at radius 1 is 1.47 bits per heavy atom. The van der Waals surface area contributed by atoms with Crippen LogP contribution in [0, 0.1) is 0 Å². The first-order chi connectivity index (χ1) is 7.90. The molecule has 2 amide bonds. The third-order valence-corrected chi connectivity index (χ3v) is 2.03. The van der Waals surface area contributed by atoms with Crippen LogP contribution in [0.3, 0.4) is 0 Å². The van der Waals surface area contributed by atoms with E-state index in [1.54, 1.807) is 0 Å². The van der Waals surface area contributed by atoms with Crippen molar-refractivity contribution in [2.24, 2.45) is 0 Å². The molecule has 7 heteroatoms. The minimum absolute atomic E-state index is 0.162. The Balaban J connectivity index is 2.82. The second-order valence-corrected chi connectivity index (χ2v) is 3.62. The number of hydrogen-bond donors (Lipinski definition) is 2. The Morgan fingerprint density at radius 3 is 2.59 bits per heavy atom. The van der Waals surface area contributed by atoms with Gasteiger partial charge in [0.15, 0.2) is 0 Å². The predicted octanol–water partition coefficient (Wildman–Crippen LogP) is 2.12. The molecule has 0 aliphatic carbocycles. The van der Waals surface area contributed by atoms with Crippen LogP contribution in [0.15, 0.2) is 18.2 Å². The highest BCUT2D eigenvalue weighted by Gasteiger charge is 2.10. The lowest BCUT2D eigenvalue weighted by Gasteiger charge is -2.10. The molecular formula is C10H11ClN2O4. The molecule has 0 atom stereocenters. The summed E-state index contributed by atoms with van der Waals surface area (Å²) in [5.41, 5.74) is 0.413. The van der Waals surface area contributed by atoms with Crippen LogP contribution < -0.4 is 10.1 Å². The van der Waals surface area contributed by atoms with Gasteiger partial charge in [-0.25, -0.2) is 4.79 Å². The minimum Gasteiger partial charge on any atom is -0.409 e. The molecule has 0 saturated carbocycles. The first-order valence-corrected chi connectivity index (χ1v) is 4.99. The van der Waals surface area contributed by atoms with Crippen molar-refractivity contribution in [1.82, 2.24) is 5.06 Å². The van der Waals surface area contributed by atoms with Gasteiger partial charge in [-0.1, -0.05) is 11.6 Å². The fourth-order valence-electron chi connectivity index (χ4n) is 1.02. The SMILES string of the molecule is CC(=O)Nc1ccc(OC(=O)N(C)O)cc1Cl. The van der Waals surface area contributed by atoms with Crippen LogP contribution in [0.2, 0.25) is 5.02 Å². The second-order valence-electron chi connectivity index (χ2n) is 3.21. The van der Waals surface area contributed by atoms with E-state index >= 15 is 0 Å². The molecule has 1 rings (SSSR count). The van der Waals surface area contributed by atoms with Crippen LogP contribution in [0.4, 0.5) is 10.5 Å². The second kappa shape index (κ2) is 5.51. The molecule has 0 spiro atoms. The number of anilines is 1. The largest absolute Gasteiger partial charge is 0.438 e. The molecule has 0 fully saturated rings. The topological polar surface area (TPSA) is 78.9 Å². The summed E-state index contributed by atoms with van der Waals surface area (Å²) in [5, 5.41) is 11.8. The third-order valence-electron chi connectivity index (χ3n) is 1.72. The fraction of sp³-hybridized carbons (Fsp3) is 0.200. The van der Waals surface area contributed by atoms with Crippen LogP contribution in [-0.2, 0) is 4.79 Å². The summed E-state index contributed by atoms with van der Waals surface area (Å²) >= 11 is 5.85. The lowest BCUT2D eigenvalue weighted by molar-refractivity contribution is -0.114. The number of carbonyl (C=O) groups excluding carboxylic acids is 2. The Labute approximate surface area is 103 Å². The van der Waals surface area contributed by atoms with Crippen LogP contribution in [-0.4, -0.2) is 29.3 Å². The van der Waals surface area contributed by atoms with Gasteiger partial charge in [0.25, 0.3) is 0 Å². The van der Waals surface area contributed by atoms with Crippen LogP contribution in [0.1, 0.15) is 6.92 Å². The molecule has 0 radical (unpaired) electrons. The number of nitrogens with one attached hydrogen (secondary N) is 1. The van der Waals surface area contributed by atoms with Gasteiger partial charge in [-0.15, -0.1) is 0 Å². The van der Waals surface area contributed by atoms with Crippen molar-refractivity contribution in [3.05, 3.63) is 23.2 Å². The molecule has 0 aliphatic rings. The smallest absolute Gasteiger partial charge is 0.409 e. The summed E-state index contributed by atoms with van der Waals surface area (Å²) in [7, 11) is 1.13. The van der Waals surface area contributed by atoms with Crippen LogP contribution in [0.25, 0.3) is 0 Å². The zero-order valence-electron chi connectivity index (χ0n) is 9.23. The maximum atomic E-state index is 11.0. The summed E-state index contributed by atoms with van der Waals surface area (Å²) in [4.78, 5) is 21.8. The summed E-state index contributed by atoms with van der Waals surface area (Å²) in [6, 6.07) is 4.29. The van der Waals surface area contributed by atoms with Gasteiger partial charge < -0.3 is 10.1 Å². The molecule has 1 aromatic carbocycles. The van der Waals surface area contributed by atoms with E-state index in [4.69, 9.17) is 21.5 Å². The Bertz CT molecular complexity index is 448. The van der Waals surface area contributed by atoms with Gasteiger partial charge in [0.2, 0.25) is 5.91 Å². The summed E-state index contributed by atoms with van der Waals surface area (Å²) < 4.78 is 4.76. The molecule has 0 aliphatic heterocycles. The van der Waals surface area contributed by atoms with Crippen LogP contribution >= 0.6 is 11.6 Å². The normalized spacial score (nSPS) is 9.65. The molecule has 0 aromatic heterocycles. The van der Waals surface area contributed by atoms with E-state index in [1.165, 1.54) is 25.1 Å². The maximum Gasteiger partial charge on any atom is 0.438 e. The summed E-state index contributed by atoms with van der Waals surface area (Å²) in [6.07, 6.45) is -0.937. The standard InChI is InChI=1S/C10H11ClN2O4/c1-6(14)12-9-4-3-7(5-8(9)11)17-10(15)13(2)16/h3-5,16H,1-2H3,(H,12,14). The molecule has 0 heterocycles. The zero-order valence-corrected chi connectivity index (χ0v) is 9.99. The van der Waals surface area contributed by atoms with Crippen molar-refractivity contribution >= 4 is 29.3 Å². The highest BCUT2D eigenvalue weighted by Crippen LogP contribution is 2.26. The van der Waals surface area contributed by atoms with Crippen molar-refractivity contribution in [3.8, 4) is 5.75 Å². The van der Waals surface area contributed by atoms with Gasteiger partial charge in [-0.05, 0) is 12.1 Å². The quantitative estimate of drug-likeness (QED) is 0.629. The van der Waals surface area contributed by atoms with Gasteiger partial charge in [0.05, 0.1) is 10.7 Å². The first kappa shape index (κ1) is 13.3. The predicted molar refractivity (Wildman–Crippen MR) is 61.3 cm³/mol. The van der Waals surface area contributed by atoms with E-state index in [9.17, 15) is 9.59 Å². The molecule has 0 unspecified atom stereocenters. The van der Waals surface area contributed by atoms with E-state index in [0.29, 0.717) is 10.8 Å². The van der Waals surface area contributed by atoms with E-state index < -0.39 is 6.09 Å². The van der Waals surface area contributed by atoms with Crippen molar-refractivity contribution < 1.29 is 19.5 Å². The molecule has 6 nitrogen and oxygen atoms in total. The highest BCUT2D eigenvalue weighted by molar-refractivity contribution is 6.33. The van der Waals surface area contributed by atoms with Gasteiger partial charge >= 0.3 is 6.09 Å². The van der Waals surface area contributed by atoms with Crippen molar-refractivity contribution in [3.63, 3.8) is 0 Å². The van der Waals surface area contributed by atoms with Gasteiger partial charge in [0.1, 0.15) is 5.75 Å². The third kappa shape index (κ3) is 3.93. The maximum absolute atomic E-state index is 11.0. The van der Waals surface area contributed by atoms with E-state index in [0.717, 1.165) is 7.05 Å². The Hall–Kier alpha value is -1.79. The molecule has 17 heavy (non-hydrogen) atoms. The number of hydrogen-bond acceptors (Lipinski definition) is 4.